The van der Waals surface area contributed by atoms with Crippen LogP contribution in [0.4, 0.5) is 0 Å². The van der Waals surface area contributed by atoms with Crippen molar-refractivity contribution < 1.29 is 9.47 Å². The van der Waals surface area contributed by atoms with E-state index in [2.05, 4.69) is 4.98 Å². The molecule has 1 heterocycles. The second-order valence-corrected chi connectivity index (χ2v) is 3.76. The predicted octanol–water partition coefficient (Wildman–Crippen LogP) is 1.52. The van der Waals surface area contributed by atoms with Gasteiger partial charge in [0.05, 0.1) is 18.4 Å². The van der Waals surface area contributed by atoms with Gasteiger partial charge in [-0.15, -0.1) is 0 Å². The molecule has 0 fully saturated rings. The van der Waals surface area contributed by atoms with Gasteiger partial charge in [-0.05, 0) is 19.9 Å². The van der Waals surface area contributed by atoms with Gasteiger partial charge in [0, 0.05) is 12.8 Å². The molecule has 1 aromatic heterocycles. The summed E-state index contributed by atoms with van der Waals surface area (Å²) in [5, 5.41) is 0. The third kappa shape index (κ3) is 3.75. The van der Waals surface area contributed by atoms with Crippen LogP contribution in [0.5, 0.6) is 5.75 Å². The van der Waals surface area contributed by atoms with Crippen LogP contribution in [0.3, 0.4) is 0 Å². The summed E-state index contributed by atoms with van der Waals surface area (Å²) in [6.07, 6.45) is 3.18. The van der Waals surface area contributed by atoms with E-state index in [1.54, 1.807) is 18.5 Å². The second-order valence-electron chi connectivity index (χ2n) is 3.32. The zero-order chi connectivity index (χ0) is 12.0. The van der Waals surface area contributed by atoms with Crippen molar-refractivity contribution in [2.45, 2.75) is 20.0 Å². The molecule has 88 valence electrons. The van der Waals surface area contributed by atoms with Crippen LogP contribution in [-0.4, -0.2) is 29.3 Å². The fourth-order valence-corrected chi connectivity index (χ4v) is 1.38. The van der Waals surface area contributed by atoms with Gasteiger partial charge in [0.15, 0.2) is 0 Å². The van der Waals surface area contributed by atoms with Crippen molar-refractivity contribution in [1.82, 2.24) is 4.98 Å². The van der Waals surface area contributed by atoms with E-state index in [1.807, 2.05) is 13.8 Å². The zero-order valence-corrected chi connectivity index (χ0v) is 10.3. The van der Waals surface area contributed by atoms with Gasteiger partial charge in [-0.2, -0.15) is 0 Å². The van der Waals surface area contributed by atoms with E-state index in [0.29, 0.717) is 29.5 Å². The van der Waals surface area contributed by atoms with Gasteiger partial charge in [-0.25, -0.2) is 0 Å². The van der Waals surface area contributed by atoms with E-state index in [9.17, 15) is 0 Å². The Morgan fingerprint density at radius 3 is 3.00 bits per heavy atom. The molecule has 0 saturated carbocycles. The number of aromatic nitrogens is 1. The topological polar surface area (TPSA) is 57.4 Å². The number of nitrogens with zero attached hydrogens (tertiary/aromatic N) is 1. The average molecular weight is 240 g/mol. The number of hydrogen-bond donors (Lipinski definition) is 1. The monoisotopic (exact) mass is 240 g/mol. The Morgan fingerprint density at radius 2 is 2.38 bits per heavy atom. The van der Waals surface area contributed by atoms with Crippen molar-refractivity contribution >= 4 is 17.2 Å². The summed E-state index contributed by atoms with van der Waals surface area (Å²) < 4.78 is 10.9. The largest absolute Gasteiger partial charge is 0.486 e. The van der Waals surface area contributed by atoms with Gasteiger partial charge in [0.2, 0.25) is 0 Å². The Labute approximate surface area is 101 Å². The second kappa shape index (κ2) is 6.40. The Balaban J connectivity index is 2.69. The average Bonchev–Trinajstić information content (AvgIpc) is 2.27. The first-order valence-corrected chi connectivity index (χ1v) is 5.54. The van der Waals surface area contributed by atoms with Crippen LogP contribution in [0.2, 0.25) is 0 Å². The molecule has 0 bridgehead atoms. The smallest absolute Gasteiger partial charge is 0.148 e. The lowest BCUT2D eigenvalue weighted by atomic mass is 10.2. The normalized spacial score (nSPS) is 12.1. The molecular weight excluding hydrogens is 224 g/mol. The molecule has 0 aromatic carbocycles. The molecule has 1 rings (SSSR count). The molecule has 0 amide bonds. The highest BCUT2D eigenvalue weighted by Gasteiger charge is 2.10. The SMILES string of the molecule is CCOCC(C)Oc1cnccc1C(N)=S. The number of pyridine rings is 1. The van der Waals surface area contributed by atoms with Crippen molar-refractivity contribution in [3.8, 4) is 5.75 Å². The molecule has 1 aromatic rings. The predicted molar refractivity (Wildman–Crippen MR) is 66.7 cm³/mol. The quantitative estimate of drug-likeness (QED) is 0.764. The van der Waals surface area contributed by atoms with Gasteiger partial charge in [-0.3, -0.25) is 4.98 Å². The lowest BCUT2D eigenvalue weighted by Gasteiger charge is -2.16. The van der Waals surface area contributed by atoms with Crippen LogP contribution in [0.1, 0.15) is 19.4 Å². The molecule has 4 nitrogen and oxygen atoms in total. The third-order valence-electron chi connectivity index (χ3n) is 1.93. The van der Waals surface area contributed by atoms with Crippen LogP contribution in [0, 0.1) is 0 Å². The standard InChI is InChI=1S/C11H16N2O2S/c1-3-14-7-8(2)15-10-6-13-5-4-9(10)11(12)16/h4-6,8H,3,7H2,1-2H3,(H2,12,16). The molecule has 0 aliphatic rings. The number of nitrogens with two attached hydrogens (primary N) is 1. The Morgan fingerprint density at radius 1 is 1.62 bits per heavy atom. The van der Waals surface area contributed by atoms with E-state index in [1.165, 1.54) is 0 Å². The van der Waals surface area contributed by atoms with Crippen molar-refractivity contribution in [2.75, 3.05) is 13.2 Å². The zero-order valence-electron chi connectivity index (χ0n) is 9.47. The highest BCUT2D eigenvalue weighted by Crippen LogP contribution is 2.17. The van der Waals surface area contributed by atoms with Crippen LogP contribution in [0.15, 0.2) is 18.5 Å². The van der Waals surface area contributed by atoms with Gasteiger partial charge in [0.1, 0.15) is 16.8 Å². The van der Waals surface area contributed by atoms with E-state index in [-0.39, 0.29) is 6.10 Å². The number of rotatable bonds is 6. The Bertz CT molecular complexity index is 358. The molecule has 5 heteroatoms. The first-order valence-electron chi connectivity index (χ1n) is 5.13. The minimum atomic E-state index is -0.0581. The highest BCUT2D eigenvalue weighted by atomic mass is 32.1. The van der Waals surface area contributed by atoms with Crippen molar-refractivity contribution in [2.24, 2.45) is 5.73 Å². The Hall–Kier alpha value is -1.20. The minimum Gasteiger partial charge on any atom is -0.486 e. The summed E-state index contributed by atoms with van der Waals surface area (Å²) in [6.45, 7) is 5.06. The maximum atomic E-state index is 5.65. The summed E-state index contributed by atoms with van der Waals surface area (Å²) in [5.74, 6) is 0.599. The van der Waals surface area contributed by atoms with Crippen LogP contribution in [0.25, 0.3) is 0 Å². The van der Waals surface area contributed by atoms with Crippen LogP contribution < -0.4 is 10.5 Å². The molecule has 1 atom stereocenters. The van der Waals surface area contributed by atoms with E-state index < -0.39 is 0 Å². The first-order chi connectivity index (χ1) is 7.65. The van der Waals surface area contributed by atoms with Crippen molar-refractivity contribution in [1.29, 1.82) is 0 Å². The lowest BCUT2D eigenvalue weighted by Crippen LogP contribution is -2.21. The summed E-state index contributed by atoms with van der Waals surface area (Å²) in [5.41, 5.74) is 6.29. The summed E-state index contributed by atoms with van der Waals surface area (Å²) in [4.78, 5) is 4.29. The van der Waals surface area contributed by atoms with Crippen molar-refractivity contribution in [3.63, 3.8) is 0 Å². The molecule has 1 unspecified atom stereocenters. The fraction of sp³-hybridized carbons (Fsp3) is 0.455. The van der Waals surface area contributed by atoms with Crippen LogP contribution >= 0.6 is 12.2 Å². The molecule has 0 aliphatic carbocycles. The minimum absolute atomic E-state index is 0.0581. The van der Waals surface area contributed by atoms with Gasteiger partial charge < -0.3 is 15.2 Å². The maximum absolute atomic E-state index is 5.65. The first kappa shape index (κ1) is 12.9. The van der Waals surface area contributed by atoms with Gasteiger partial charge in [-0.1, -0.05) is 12.2 Å². The van der Waals surface area contributed by atoms with Gasteiger partial charge >= 0.3 is 0 Å². The molecular formula is C11H16N2O2S. The molecule has 0 saturated heterocycles. The number of ether oxygens (including phenoxy) is 2. The summed E-state index contributed by atoms with van der Waals surface area (Å²) in [6, 6.07) is 1.74. The molecule has 0 radical (unpaired) electrons. The summed E-state index contributed by atoms with van der Waals surface area (Å²) >= 11 is 4.93. The van der Waals surface area contributed by atoms with E-state index >= 15 is 0 Å². The molecule has 2 N–H and O–H groups in total. The third-order valence-corrected chi connectivity index (χ3v) is 2.15. The Kier molecular flexibility index (Phi) is 5.14. The lowest BCUT2D eigenvalue weighted by molar-refractivity contribution is 0.0654. The maximum Gasteiger partial charge on any atom is 0.148 e. The van der Waals surface area contributed by atoms with Crippen LogP contribution in [-0.2, 0) is 4.74 Å². The fourth-order valence-electron chi connectivity index (χ4n) is 1.21. The number of thiocarbonyl (C=S) groups is 1. The van der Waals surface area contributed by atoms with Gasteiger partial charge in [0.25, 0.3) is 0 Å². The molecule has 0 aliphatic heterocycles. The van der Waals surface area contributed by atoms with E-state index in [4.69, 9.17) is 27.4 Å². The molecule has 0 spiro atoms. The van der Waals surface area contributed by atoms with Crippen molar-refractivity contribution in [3.05, 3.63) is 24.0 Å². The van der Waals surface area contributed by atoms with E-state index in [0.717, 1.165) is 0 Å². The highest BCUT2D eigenvalue weighted by molar-refractivity contribution is 7.80. The molecule has 16 heavy (non-hydrogen) atoms. The number of hydrogen-bond acceptors (Lipinski definition) is 4. The summed E-state index contributed by atoms with van der Waals surface area (Å²) in [7, 11) is 0.